The number of hydrogen-bond acceptors (Lipinski definition) is 5. The fraction of sp³-hybridized carbons (Fsp3) is 0.387. The number of likely N-dealkylation sites (tertiary alicyclic amines) is 1. The smallest absolute Gasteiger partial charge is 0.253 e. The predicted molar refractivity (Wildman–Crippen MR) is 161 cm³/mol. The van der Waals surface area contributed by atoms with Crippen LogP contribution < -0.4 is 4.90 Å². The lowest BCUT2D eigenvalue weighted by molar-refractivity contribution is -0.147. The molecule has 41 heavy (non-hydrogen) atoms. The quantitative estimate of drug-likeness (QED) is 0.313. The largest absolute Gasteiger partial charge is 0.394 e. The molecule has 2 aromatic carbocycles. The van der Waals surface area contributed by atoms with Crippen molar-refractivity contribution in [2.24, 2.45) is 11.8 Å². The maximum absolute atomic E-state index is 14.7. The van der Waals surface area contributed by atoms with Crippen molar-refractivity contribution in [1.29, 1.82) is 0 Å². The SMILES string of the molecule is C=CCN(C)C(=O)[C@H]1[C@H]2C(=O)N([C@H](CO)c3ccccc3)C(C(=O)N(CC=C)c3ccc(Cl)cc3)C23CC(Br)[C@@H]1O3. The Labute approximate surface area is 253 Å². The van der Waals surface area contributed by atoms with Crippen molar-refractivity contribution in [3.8, 4) is 0 Å². The Bertz CT molecular complexity index is 1340. The zero-order chi connectivity index (χ0) is 29.5. The number of hydrogen-bond donors (Lipinski definition) is 1. The van der Waals surface area contributed by atoms with Crippen LogP contribution in [0.1, 0.15) is 18.0 Å². The van der Waals surface area contributed by atoms with Gasteiger partial charge in [-0.15, -0.1) is 13.2 Å². The summed E-state index contributed by atoms with van der Waals surface area (Å²) < 4.78 is 6.65. The van der Waals surface area contributed by atoms with E-state index in [2.05, 4.69) is 29.1 Å². The molecule has 2 aromatic rings. The number of fused-ring (bicyclic) bond motifs is 1. The summed E-state index contributed by atoms with van der Waals surface area (Å²) >= 11 is 9.84. The van der Waals surface area contributed by atoms with Gasteiger partial charge in [-0.25, -0.2) is 0 Å². The van der Waals surface area contributed by atoms with Gasteiger partial charge < -0.3 is 24.5 Å². The molecule has 216 valence electrons. The number of likely N-dealkylation sites (N-methyl/N-ethyl adjacent to an activating group) is 1. The van der Waals surface area contributed by atoms with Crippen LogP contribution in [0.15, 0.2) is 79.9 Å². The predicted octanol–water partition coefficient (Wildman–Crippen LogP) is 3.99. The van der Waals surface area contributed by atoms with Gasteiger partial charge in [-0.05, 0) is 36.2 Å². The molecule has 0 aromatic heterocycles. The van der Waals surface area contributed by atoms with Crippen LogP contribution in [0.25, 0.3) is 0 Å². The molecular weight excluding hydrogens is 610 g/mol. The van der Waals surface area contributed by atoms with Gasteiger partial charge >= 0.3 is 0 Å². The van der Waals surface area contributed by atoms with E-state index >= 15 is 0 Å². The highest BCUT2D eigenvalue weighted by Crippen LogP contribution is 2.61. The highest BCUT2D eigenvalue weighted by molar-refractivity contribution is 9.09. The number of ether oxygens (including phenoxy) is 1. The maximum Gasteiger partial charge on any atom is 0.253 e. The average molecular weight is 643 g/mol. The molecule has 3 aliphatic heterocycles. The van der Waals surface area contributed by atoms with Crippen LogP contribution in [0.5, 0.6) is 0 Å². The molecule has 8 nitrogen and oxygen atoms in total. The van der Waals surface area contributed by atoms with E-state index < -0.39 is 42.2 Å². The summed E-state index contributed by atoms with van der Waals surface area (Å²) in [6, 6.07) is 14.0. The number of nitrogens with zero attached hydrogens (tertiary/aromatic N) is 3. The lowest BCUT2D eigenvalue weighted by atomic mass is 9.70. The number of halogens is 2. The molecule has 3 amide bonds. The zero-order valence-electron chi connectivity index (χ0n) is 22.7. The van der Waals surface area contributed by atoms with E-state index in [1.807, 2.05) is 30.3 Å². The Morgan fingerprint density at radius 3 is 2.41 bits per heavy atom. The number of carbonyl (C=O) groups is 3. The standard InChI is InChI=1S/C31H33BrClN3O5/c1-4-15-34(3)28(38)24-25-29(39)36(23(18-37)19-9-7-6-8-10-19)27(31(25)17-22(32)26(24)41-31)30(40)35(16-5-2)21-13-11-20(33)12-14-21/h4-14,22-27,37H,1-2,15-18H2,3H3/t22?,23-,24+,25+,26+,27?,31?/m1/s1. The molecule has 0 saturated carbocycles. The van der Waals surface area contributed by atoms with Crippen molar-refractivity contribution in [1.82, 2.24) is 9.80 Å². The van der Waals surface area contributed by atoms with Gasteiger partial charge in [0.25, 0.3) is 5.91 Å². The Hall–Kier alpha value is -2.98. The van der Waals surface area contributed by atoms with E-state index in [1.165, 1.54) is 9.80 Å². The van der Waals surface area contributed by atoms with Gasteiger partial charge in [0, 0.05) is 35.7 Å². The minimum absolute atomic E-state index is 0.167. The number of anilines is 1. The monoisotopic (exact) mass is 641 g/mol. The first-order valence-electron chi connectivity index (χ1n) is 13.5. The number of alkyl halides is 1. The molecule has 0 aliphatic carbocycles. The molecule has 2 bridgehead atoms. The van der Waals surface area contributed by atoms with Gasteiger partial charge in [0.2, 0.25) is 11.8 Å². The molecule has 5 rings (SSSR count). The third kappa shape index (κ3) is 4.82. The first-order chi connectivity index (χ1) is 19.7. The van der Waals surface area contributed by atoms with Gasteiger partial charge in [-0.1, -0.05) is 70.0 Å². The summed E-state index contributed by atoms with van der Waals surface area (Å²) in [7, 11) is 1.67. The van der Waals surface area contributed by atoms with Crippen LogP contribution in [0.4, 0.5) is 5.69 Å². The number of amides is 3. The normalized spacial score (nSPS) is 28.7. The van der Waals surface area contributed by atoms with E-state index in [4.69, 9.17) is 16.3 Å². The van der Waals surface area contributed by atoms with Crippen LogP contribution in [0.3, 0.4) is 0 Å². The second kappa shape index (κ2) is 11.7. The summed E-state index contributed by atoms with van der Waals surface area (Å²) in [5.41, 5.74) is -0.0277. The van der Waals surface area contributed by atoms with Gasteiger partial charge in [-0.2, -0.15) is 0 Å². The number of aliphatic hydroxyl groups excluding tert-OH is 1. The molecule has 7 atom stereocenters. The summed E-state index contributed by atoms with van der Waals surface area (Å²) in [5, 5.41) is 11.2. The van der Waals surface area contributed by atoms with E-state index in [-0.39, 0.29) is 29.1 Å². The highest BCUT2D eigenvalue weighted by atomic mass is 79.9. The lowest BCUT2D eigenvalue weighted by Gasteiger charge is -2.39. The fourth-order valence-corrected chi connectivity index (χ4v) is 7.82. The number of benzene rings is 2. The van der Waals surface area contributed by atoms with E-state index in [0.29, 0.717) is 29.2 Å². The van der Waals surface area contributed by atoms with Gasteiger partial charge in [0.15, 0.2) is 0 Å². The lowest BCUT2D eigenvalue weighted by Crippen LogP contribution is -2.57. The van der Waals surface area contributed by atoms with Crippen LogP contribution in [-0.2, 0) is 19.1 Å². The average Bonchev–Trinajstić information content (AvgIpc) is 3.56. The number of aliphatic hydroxyl groups is 1. The molecular formula is C31H33BrClN3O5. The summed E-state index contributed by atoms with van der Waals surface area (Å²) in [6.07, 6.45) is 3.00. The molecule has 3 saturated heterocycles. The summed E-state index contributed by atoms with van der Waals surface area (Å²) in [5.74, 6) is -2.71. The molecule has 0 radical (unpaired) electrons. The Balaban J connectivity index is 1.66. The van der Waals surface area contributed by atoms with E-state index in [1.54, 1.807) is 48.4 Å². The van der Waals surface area contributed by atoms with Gasteiger partial charge in [-0.3, -0.25) is 14.4 Å². The van der Waals surface area contributed by atoms with Gasteiger partial charge in [0.05, 0.1) is 30.6 Å². The molecule has 3 fully saturated rings. The van der Waals surface area contributed by atoms with Crippen LogP contribution in [0, 0.1) is 11.8 Å². The first-order valence-corrected chi connectivity index (χ1v) is 14.8. The van der Waals surface area contributed by atoms with Crippen molar-refractivity contribution < 1.29 is 24.2 Å². The van der Waals surface area contributed by atoms with Crippen molar-refractivity contribution in [2.75, 3.05) is 31.6 Å². The molecule has 10 heteroatoms. The molecule has 3 aliphatic rings. The first kappa shape index (κ1) is 29.5. The van der Waals surface area contributed by atoms with Crippen LogP contribution in [-0.4, -0.2) is 81.9 Å². The van der Waals surface area contributed by atoms with Crippen LogP contribution in [0.2, 0.25) is 5.02 Å². The summed E-state index contributed by atoms with van der Waals surface area (Å²) in [4.78, 5) is 47.3. The minimum atomic E-state index is -1.28. The van der Waals surface area contributed by atoms with Gasteiger partial charge in [0.1, 0.15) is 11.6 Å². The minimum Gasteiger partial charge on any atom is -0.394 e. The van der Waals surface area contributed by atoms with Crippen molar-refractivity contribution in [3.63, 3.8) is 0 Å². The van der Waals surface area contributed by atoms with Crippen molar-refractivity contribution in [2.45, 2.75) is 35.0 Å². The Morgan fingerprint density at radius 2 is 1.80 bits per heavy atom. The Kier molecular flexibility index (Phi) is 8.43. The third-order valence-corrected chi connectivity index (χ3v) is 9.53. The summed E-state index contributed by atoms with van der Waals surface area (Å²) in [6.45, 7) is 7.64. The highest BCUT2D eigenvalue weighted by Gasteiger charge is 2.77. The Morgan fingerprint density at radius 1 is 1.15 bits per heavy atom. The zero-order valence-corrected chi connectivity index (χ0v) is 25.1. The van der Waals surface area contributed by atoms with E-state index in [0.717, 1.165) is 0 Å². The second-order valence-corrected chi connectivity index (χ2v) is 12.4. The number of carbonyl (C=O) groups excluding carboxylic acids is 3. The molecule has 1 spiro atoms. The second-order valence-electron chi connectivity index (χ2n) is 10.7. The fourth-order valence-electron chi connectivity index (χ4n) is 6.75. The molecule has 1 N–H and O–H groups in total. The van der Waals surface area contributed by atoms with E-state index in [9.17, 15) is 19.5 Å². The third-order valence-electron chi connectivity index (χ3n) is 8.43. The molecule has 3 heterocycles. The molecule has 3 unspecified atom stereocenters. The topological polar surface area (TPSA) is 90.4 Å². The maximum atomic E-state index is 14.7. The van der Waals surface area contributed by atoms with Crippen LogP contribution >= 0.6 is 27.5 Å². The van der Waals surface area contributed by atoms with Crippen molar-refractivity contribution >= 4 is 50.9 Å². The number of rotatable bonds is 10. The van der Waals surface area contributed by atoms with Crippen molar-refractivity contribution in [3.05, 3.63) is 90.5 Å².